The van der Waals surface area contributed by atoms with Crippen LogP contribution in [-0.2, 0) is 6.18 Å². The number of non-ortho nitro benzene ring substituents is 1. The molecule has 0 bridgehead atoms. The molecule has 7 nitrogen and oxygen atoms in total. The monoisotopic (exact) mass is 538 g/mol. The van der Waals surface area contributed by atoms with Gasteiger partial charge in [0.2, 0.25) is 0 Å². The third-order valence-corrected chi connectivity index (χ3v) is 7.68. The van der Waals surface area contributed by atoms with E-state index in [0.717, 1.165) is 32.2 Å². The summed E-state index contributed by atoms with van der Waals surface area (Å²) in [5.41, 5.74) is 1.25. The highest BCUT2D eigenvalue weighted by Gasteiger charge is 2.39. The maximum Gasteiger partial charge on any atom is 0.416 e. The van der Waals surface area contributed by atoms with Crippen molar-refractivity contribution >= 4 is 17.3 Å². The Kier molecular flexibility index (Phi) is 7.56. The fourth-order valence-corrected chi connectivity index (χ4v) is 5.61. The van der Waals surface area contributed by atoms with Gasteiger partial charge < -0.3 is 9.80 Å². The van der Waals surface area contributed by atoms with Crippen molar-refractivity contribution in [2.75, 3.05) is 50.7 Å². The van der Waals surface area contributed by atoms with Crippen LogP contribution in [0.15, 0.2) is 78.9 Å². The van der Waals surface area contributed by atoms with Crippen molar-refractivity contribution in [2.45, 2.75) is 12.1 Å². The van der Waals surface area contributed by atoms with E-state index in [1.54, 1.807) is 11.0 Å². The number of carbonyl (C=O) groups is 1. The number of piperazine rings is 1. The Bertz CT molecular complexity index is 1310. The average molecular weight is 539 g/mol. The van der Waals surface area contributed by atoms with Gasteiger partial charge in [-0.1, -0.05) is 36.4 Å². The minimum absolute atomic E-state index is 0.0567. The largest absolute Gasteiger partial charge is 0.416 e. The zero-order valence-corrected chi connectivity index (χ0v) is 21.3. The van der Waals surface area contributed by atoms with Crippen molar-refractivity contribution < 1.29 is 22.9 Å². The molecule has 0 spiro atoms. The molecule has 2 aliphatic rings. The van der Waals surface area contributed by atoms with Crippen molar-refractivity contribution in [2.24, 2.45) is 5.92 Å². The first-order valence-electron chi connectivity index (χ1n) is 12.9. The summed E-state index contributed by atoms with van der Waals surface area (Å²) >= 11 is 0. The van der Waals surface area contributed by atoms with Crippen LogP contribution in [0.5, 0.6) is 0 Å². The maximum absolute atomic E-state index is 13.5. The second kappa shape index (κ2) is 11.1. The van der Waals surface area contributed by atoms with E-state index in [4.69, 9.17) is 0 Å². The molecule has 2 atom stereocenters. The van der Waals surface area contributed by atoms with E-state index >= 15 is 0 Å². The smallest absolute Gasteiger partial charge is 0.369 e. The molecule has 2 aliphatic heterocycles. The van der Waals surface area contributed by atoms with Gasteiger partial charge in [0.1, 0.15) is 0 Å². The number of anilines is 1. The van der Waals surface area contributed by atoms with Gasteiger partial charge in [0.05, 0.1) is 10.5 Å². The summed E-state index contributed by atoms with van der Waals surface area (Å²) in [5.74, 6) is -0.599. The number of alkyl halides is 3. The number of hydrogen-bond acceptors (Lipinski definition) is 5. The lowest BCUT2D eigenvalue weighted by Gasteiger charge is -2.38. The topological polar surface area (TPSA) is 69.9 Å². The van der Waals surface area contributed by atoms with Gasteiger partial charge >= 0.3 is 6.18 Å². The third kappa shape index (κ3) is 6.06. The Morgan fingerprint density at radius 2 is 1.59 bits per heavy atom. The molecular formula is C29H29F3N4O3. The van der Waals surface area contributed by atoms with Crippen molar-refractivity contribution in [1.82, 2.24) is 9.80 Å². The van der Waals surface area contributed by atoms with Crippen LogP contribution >= 0.6 is 0 Å². The predicted molar refractivity (Wildman–Crippen MR) is 142 cm³/mol. The molecule has 10 heteroatoms. The van der Waals surface area contributed by atoms with Gasteiger partial charge in [-0.2, -0.15) is 13.2 Å². The van der Waals surface area contributed by atoms with Crippen LogP contribution in [0, 0.1) is 16.0 Å². The molecule has 2 heterocycles. The van der Waals surface area contributed by atoms with E-state index in [2.05, 4.69) is 21.9 Å². The summed E-state index contributed by atoms with van der Waals surface area (Å²) in [6, 6.07) is 21.0. The molecule has 3 aromatic rings. The summed E-state index contributed by atoms with van der Waals surface area (Å²) in [5, 5.41) is 11.0. The third-order valence-electron chi connectivity index (χ3n) is 7.68. The molecule has 2 unspecified atom stereocenters. The molecule has 39 heavy (non-hydrogen) atoms. The molecule has 204 valence electrons. The number of rotatable bonds is 6. The van der Waals surface area contributed by atoms with E-state index in [0.29, 0.717) is 24.2 Å². The minimum atomic E-state index is -4.45. The zero-order chi connectivity index (χ0) is 27.6. The molecule has 0 aromatic heterocycles. The first-order valence-corrected chi connectivity index (χ1v) is 12.9. The highest BCUT2D eigenvalue weighted by Crippen LogP contribution is 2.37. The number of nitro benzene ring substituents is 1. The summed E-state index contributed by atoms with van der Waals surface area (Å²) < 4.78 is 40.5. The Morgan fingerprint density at radius 3 is 2.23 bits per heavy atom. The highest BCUT2D eigenvalue weighted by molar-refractivity contribution is 5.94. The number of para-hydroxylation sites is 1. The van der Waals surface area contributed by atoms with Crippen LogP contribution in [0.1, 0.15) is 27.4 Å². The van der Waals surface area contributed by atoms with Gasteiger partial charge in [0.25, 0.3) is 11.6 Å². The number of nitro groups is 1. The number of likely N-dealkylation sites (tertiary alicyclic amines) is 1. The van der Waals surface area contributed by atoms with Gasteiger partial charge in [-0.05, 0) is 41.8 Å². The minimum Gasteiger partial charge on any atom is -0.369 e. The fourth-order valence-electron chi connectivity index (χ4n) is 5.61. The van der Waals surface area contributed by atoms with Gasteiger partial charge in [-0.3, -0.25) is 19.8 Å². The standard InChI is InChI=1S/C29H29F3N4O3/c30-29(31,32)24-6-4-5-22(17-24)27-20-35(28(37)21-9-11-26(12-10-21)36(38)39)19-23(27)18-33-13-15-34(16-14-33)25-7-2-1-3-8-25/h1-12,17,23,27H,13-16,18-20H2. The quantitative estimate of drug-likeness (QED) is 0.315. The Balaban J connectivity index is 1.34. The van der Waals surface area contributed by atoms with Gasteiger partial charge in [0, 0.05) is 75.1 Å². The number of carbonyl (C=O) groups excluding carboxylic acids is 1. The van der Waals surface area contributed by atoms with Crippen molar-refractivity contribution in [3.8, 4) is 0 Å². The lowest BCUT2D eigenvalue weighted by molar-refractivity contribution is -0.384. The van der Waals surface area contributed by atoms with E-state index < -0.39 is 16.7 Å². The first kappa shape index (κ1) is 26.7. The van der Waals surface area contributed by atoms with Gasteiger partial charge in [0.15, 0.2) is 0 Å². The maximum atomic E-state index is 13.5. The Hall–Kier alpha value is -3.92. The lowest BCUT2D eigenvalue weighted by atomic mass is 9.87. The van der Waals surface area contributed by atoms with Crippen LogP contribution < -0.4 is 4.90 Å². The van der Waals surface area contributed by atoms with Crippen molar-refractivity contribution in [3.63, 3.8) is 0 Å². The van der Waals surface area contributed by atoms with Gasteiger partial charge in [-0.25, -0.2) is 0 Å². The lowest BCUT2D eigenvalue weighted by Crippen LogP contribution is -2.48. The van der Waals surface area contributed by atoms with E-state index in [1.165, 1.54) is 42.1 Å². The SMILES string of the molecule is O=C(c1ccc([N+](=O)[O-])cc1)N1CC(CN2CCN(c3ccccc3)CC2)C(c2cccc(C(F)(F)F)c2)C1. The number of hydrogen-bond donors (Lipinski definition) is 0. The number of amides is 1. The van der Waals surface area contributed by atoms with E-state index in [1.807, 2.05) is 18.2 Å². The molecule has 0 saturated carbocycles. The molecular weight excluding hydrogens is 509 g/mol. The van der Waals surface area contributed by atoms with Crippen LogP contribution in [0.4, 0.5) is 24.5 Å². The summed E-state index contributed by atoms with van der Waals surface area (Å²) in [4.78, 5) is 30.1. The van der Waals surface area contributed by atoms with E-state index in [-0.39, 0.29) is 30.0 Å². The number of benzene rings is 3. The molecule has 0 radical (unpaired) electrons. The molecule has 5 rings (SSSR count). The number of halogens is 3. The highest BCUT2D eigenvalue weighted by atomic mass is 19.4. The van der Waals surface area contributed by atoms with Crippen LogP contribution in [0.25, 0.3) is 0 Å². The molecule has 2 saturated heterocycles. The zero-order valence-electron chi connectivity index (χ0n) is 21.3. The Morgan fingerprint density at radius 1 is 0.897 bits per heavy atom. The average Bonchev–Trinajstić information content (AvgIpc) is 3.37. The Labute approximate surface area is 224 Å². The van der Waals surface area contributed by atoms with E-state index in [9.17, 15) is 28.1 Å². The molecule has 2 fully saturated rings. The first-order chi connectivity index (χ1) is 18.7. The van der Waals surface area contributed by atoms with Crippen LogP contribution in [-0.4, -0.2) is 66.4 Å². The second-order valence-electron chi connectivity index (χ2n) is 10.1. The van der Waals surface area contributed by atoms with Crippen LogP contribution in [0.2, 0.25) is 0 Å². The molecule has 0 aliphatic carbocycles. The van der Waals surface area contributed by atoms with Gasteiger partial charge in [-0.15, -0.1) is 0 Å². The normalized spacial score (nSPS) is 20.3. The van der Waals surface area contributed by atoms with Crippen molar-refractivity contribution in [3.05, 3.63) is 106 Å². The second-order valence-corrected chi connectivity index (χ2v) is 10.1. The predicted octanol–water partition coefficient (Wildman–Crippen LogP) is 5.29. The van der Waals surface area contributed by atoms with Crippen LogP contribution in [0.3, 0.4) is 0 Å². The summed E-state index contributed by atoms with van der Waals surface area (Å²) in [6.45, 7) is 4.66. The molecule has 0 N–H and O–H groups in total. The summed E-state index contributed by atoms with van der Waals surface area (Å²) in [6.07, 6.45) is -4.45. The summed E-state index contributed by atoms with van der Waals surface area (Å²) in [7, 11) is 0. The van der Waals surface area contributed by atoms with Crippen molar-refractivity contribution in [1.29, 1.82) is 0 Å². The number of nitrogens with zero attached hydrogens (tertiary/aromatic N) is 4. The molecule has 1 amide bonds. The fraction of sp³-hybridized carbons (Fsp3) is 0.345. The molecule has 3 aromatic carbocycles.